The van der Waals surface area contributed by atoms with Crippen LogP contribution in [-0.2, 0) is 13.0 Å². The zero-order chi connectivity index (χ0) is 14.7. The Morgan fingerprint density at radius 1 is 1.25 bits per heavy atom. The maximum absolute atomic E-state index is 11.7. The van der Waals surface area contributed by atoms with Crippen LogP contribution in [0.4, 0.5) is 11.5 Å². The molecular weight excluding hydrogens is 284 g/mol. The number of benzene rings is 1. The summed E-state index contributed by atoms with van der Waals surface area (Å²) in [6.45, 7) is 0.214. The molecule has 0 bridgehead atoms. The Balaban J connectivity index is 2.30. The van der Waals surface area contributed by atoms with Gasteiger partial charge in [-0.05, 0) is 29.3 Å². The standard InChI is InChI=1S/C12H11ClN4O3/c13-8-3-1-7(2-4-8)5-6-17-10(14)9(16-20)11(18)15-12(17)19/h1-4H,5-6,14H2,(H,15,18,19). The molecule has 0 aliphatic carbocycles. The first-order valence-electron chi connectivity index (χ1n) is 5.73. The van der Waals surface area contributed by atoms with Crippen LogP contribution >= 0.6 is 11.6 Å². The summed E-state index contributed by atoms with van der Waals surface area (Å²) in [6, 6.07) is 7.09. The topological polar surface area (TPSA) is 110 Å². The van der Waals surface area contributed by atoms with Crippen molar-refractivity contribution >= 4 is 23.1 Å². The van der Waals surface area contributed by atoms with Crippen molar-refractivity contribution in [1.29, 1.82) is 0 Å². The summed E-state index contributed by atoms with van der Waals surface area (Å²) in [5.74, 6) is -0.234. The highest BCUT2D eigenvalue weighted by Crippen LogP contribution is 2.14. The van der Waals surface area contributed by atoms with Crippen molar-refractivity contribution in [1.82, 2.24) is 9.55 Å². The van der Waals surface area contributed by atoms with Gasteiger partial charge >= 0.3 is 5.69 Å². The number of nitrogens with one attached hydrogen (secondary N) is 1. The van der Waals surface area contributed by atoms with Gasteiger partial charge in [-0.1, -0.05) is 23.7 Å². The van der Waals surface area contributed by atoms with Crippen LogP contribution < -0.4 is 17.0 Å². The van der Waals surface area contributed by atoms with Crippen molar-refractivity contribution in [3.63, 3.8) is 0 Å². The molecule has 0 amide bonds. The van der Waals surface area contributed by atoms with Gasteiger partial charge in [0.15, 0.2) is 0 Å². The molecule has 20 heavy (non-hydrogen) atoms. The third kappa shape index (κ3) is 2.77. The van der Waals surface area contributed by atoms with Gasteiger partial charge in [0.2, 0.25) is 5.69 Å². The number of aryl methyl sites for hydroxylation is 1. The number of hydrogen-bond donors (Lipinski definition) is 2. The van der Waals surface area contributed by atoms with Crippen LogP contribution in [0.25, 0.3) is 0 Å². The lowest BCUT2D eigenvalue weighted by Gasteiger charge is -2.09. The molecule has 2 aromatic rings. The Labute approximate surface area is 118 Å². The molecule has 1 aromatic heterocycles. The number of aromatic nitrogens is 2. The van der Waals surface area contributed by atoms with Gasteiger partial charge in [-0.15, -0.1) is 4.91 Å². The van der Waals surface area contributed by atoms with E-state index in [-0.39, 0.29) is 12.4 Å². The second-order valence-electron chi connectivity index (χ2n) is 4.11. The van der Waals surface area contributed by atoms with E-state index in [1.165, 1.54) is 0 Å². The smallest absolute Gasteiger partial charge is 0.330 e. The first-order chi connectivity index (χ1) is 9.52. The van der Waals surface area contributed by atoms with E-state index in [4.69, 9.17) is 17.3 Å². The van der Waals surface area contributed by atoms with Gasteiger partial charge < -0.3 is 5.73 Å². The van der Waals surface area contributed by atoms with Crippen molar-refractivity contribution < 1.29 is 0 Å². The molecule has 0 unspecified atom stereocenters. The molecule has 1 aromatic carbocycles. The minimum atomic E-state index is -0.884. The number of anilines is 1. The van der Waals surface area contributed by atoms with Crippen molar-refractivity contribution in [2.75, 3.05) is 5.73 Å². The molecule has 0 aliphatic rings. The highest BCUT2D eigenvalue weighted by molar-refractivity contribution is 6.30. The highest BCUT2D eigenvalue weighted by atomic mass is 35.5. The molecule has 1 heterocycles. The fourth-order valence-electron chi connectivity index (χ4n) is 1.78. The van der Waals surface area contributed by atoms with E-state index >= 15 is 0 Å². The Morgan fingerprint density at radius 2 is 1.90 bits per heavy atom. The number of H-pyrrole nitrogens is 1. The normalized spacial score (nSPS) is 10.4. The molecule has 8 heteroatoms. The summed E-state index contributed by atoms with van der Waals surface area (Å²) in [5, 5.41) is 3.15. The van der Waals surface area contributed by atoms with Crippen LogP contribution in [-0.4, -0.2) is 9.55 Å². The first kappa shape index (κ1) is 14.0. The lowest BCUT2D eigenvalue weighted by atomic mass is 10.1. The second kappa shape index (κ2) is 5.70. The summed E-state index contributed by atoms with van der Waals surface area (Å²) in [4.78, 5) is 35.5. The van der Waals surface area contributed by atoms with Gasteiger partial charge in [-0.25, -0.2) is 4.79 Å². The number of hydrogen-bond acceptors (Lipinski definition) is 5. The molecule has 0 fully saturated rings. The maximum Gasteiger partial charge on any atom is 0.330 e. The van der Waals surface area contributed by atoms with E-state index in [2.05, 4.69) is 5.18 Å². The third-order valence-electron chi connectivity index (χ3n) is 2.84. The van der Waals surface area contributed by atoms with Crippen LogP contribution in [0.1, 0.15) is 5.56 Å². The van der Waals surface area contributed by atoms with E-state index in [0.717, 1.165) is 10.1 Å². The molecular formula is C12H11ClN4O3. The van der Waals surface area contributed by atoms with E-state index in [1.54, 1.807) is 12.1 Å². The van der Waals surface area contributed by atoms with Crippen LogP contribution in [0.2, 0.25) is 5.02 Å². The second-order valence-corrected chi connectivity index (χ2v) is 4.55. The minimum Gasteiger partial charge on any atom is -0.383 e. The zero-order valence-electron chi connectivity index (χ0n) is 10.3. The fourth-order valence-corrected chi connectivity index (χ4v) is 1.91. The molecule has 2 rings (SSSR count). The first-order valence-corrected chi connectivity index (χ1v) is 6.11. The van der Waals surface area contributed by atoms with Crippen molar-refractivity contribution in [2.24, 2.45) is 5.18 Å². The summed E-state index contributed by atoms with van der Waals surface area (Å²) in [7, 11) is 0. The van der Waals surface area contributed by atoms with E-state index in [0.29, 0.717) is 11.4 Å². The fraction of sp³-hybridized carbons (Fsp3) is 0.167. The molecule has 7 nitrogen and oxygen atoms in total. The van der Waals surface area contributed by atoms with Gasteiger partial charge in [0, 0.05) is 11.6 Å². The molecule has 0 radical (unpaired) electrons. The lowest BCUT2D eigenvalue weighted by Crippen LogP contribution is -2.32. The predicted octanol–water partition coefficient (Wildman–Crippen LogP) is 1.41. The summed E-state index contributed by atoms with van der Waals surface area (Å²) in [5.41, 5.74) is 4.51. The Morgan fingerprint density at radius 3 is 2.50 bits per heavy atom. The van der Waals surface area contributed by atoms with E-state index in [9.17, 15) is 14.5 Å². The van der Waals surface area contributed by atoms with Crippen LogP contribution in [0.3, 0.4) is 0 Å². The number of nitroso groups, excluding NO2 is 1. The molecule has 0 atom stereocenters. The van der Waals surface area contributed by atoms with Crippen molar-refractivity contribution in [3.05, 3.63) is 60.6 Å². The van der Waals surface area contributed by atoms with Crippen LogP contribution in [0, 0.1) is 4.91 Å². The maximum atomic E-state index is 11.7. The lowest BCUT2D eigenvalue weighted by molar-refractivity contribution is 0.656. The molecule has 0 spiro atoms. The van der Waals surface area contributed by atoms with Crippen LogP contribution in [0.5, 0.6) is 0 Å². The number of nitrogen functional groups attached to an aromatic ring is 1. The van der Waals surface area contributed by atoms with Gasteiger partial charge in [-0.3, -0.25) is 14.3 Å². The number of aromatic amines is 1. The molecule has 0 saturated heterocycles. The number of nitrogens with zero attached hydrogens (tertiary/aromatic N) is 2. The van der Waals surface area contributed by atoms with Gasteiger partial charge in [0.1, 0.15) is 5.82 Å². The molecule has 104 valence electrons. The zero-order valence-corrected chi connectivity index (χ0v) is 11.1. The summed E-state index contributed by atoms with van der Waals surface area (Å²) in [6.07, 6.45) is 0.492. The average Bonchev–Trinajstić information content (AvgIpc) is 2.40. The number of rotatable bonds is 4. The predicted molar refractivity (Wildman–Crippen MR) is 76.3 cm³/mol. The number of halogens is 1. The van der Waals surface area contributed by atoms with Crippen LogP contribution in [0.15, 0.2) is 39.0 Å². The minimum absolute atomic E-state index is 0.214. The monoisotopic (exact) mass is 294 g/mol. The summed E-state index contributed by atoms with van der Waals surface area (Å²) >= 11 is 5.77. The van der Waals surface area contributed by atoms with Gasteiger partial charge in [0.25, 0.3) is 5.56 Å². The van der Waals surface area contributed by atoms with E-state index < -0.39 is 16.9 Å². The SMILES string of the molecule is Nc1c(N=O)c(=O)[nH]c(=O)n1CCc1ccc(Cl)cc1. The Bertz CT molecular complexity index is 749. The molecule has 0 saturated carbocycles. The average molecular weight is 295 g/mol. The Hall–Kier alpha value is -2.41. The summed E-state index contributed by atoms with van der Waals surface area (Å²) < 4.78 is 1.10. The molecule has 0 aliphatic heterocycles. The third-order valence-corrected chi connectivity index (χ3v) is 3.09. The van der Waals surface area contributed by atoms with Crippen molar-refractivity contribution in [3.8, 4) is 0 Å². The van der Waals surface area contributed by atoms with E-state index in [1.807, 2.05) is 17.1 Å². The quantitative estimate of drug-likeness (QED) is 0.830. The largest absolute Gasteiger partial charge is 0.383 e. The van der Waals surface area contributed by atoms with Gasteiger partial charge in [0.05, 0.1) is 0 Å². The van der Waals surface area contributed by atoms with Gasteiger partial charge in [-0.2, -0.15) is 0 Å². The number of nitrogens with two attached hydrogens (primary N) is 1. The van der Waals surface area contributed by atoms with Crippen molar-refractivity contribution in [2.45, 2.75) is 13.0 Å². The highest BCUT2D eigenvalue weighted by Gasteiger charge is 2.12. The molecule has 3 N–H and O–H groups in total. The Kier molecular flexibility index (Phi) is 3.99.